The van der Waals surface area contributed by atoms with Crippen LogP contribution in [0.25, 0.3) is 10.6 Å². The number of aliphatic hydroxyl groups is 1. The number of nitrogens with zero attached hydrogens (tertiary/aromatic N) is 1. The lowest BCUT2D eigenvalue weighted by Gasteiger charge is -2.25. The molecule has 206 valence electrons. The minimum Gasteiger partial charge on any atom is -0.485 e. The predicted molar refractivity (Wildman–Crippen MR) is 146 cm³/mol. The van der Waals surface area contributed by atoms with Gasteiger partial charge in [-0.3, -0.25) is 4.79 Å². The van der Waals surface area contributed by atoms with Crippen LogP contribution in [-0.4, -0.2) is 28.1 Å². The molecule has 0 bridgehead atoms. The van der Waals surface area contributed by atoms with Crippen molar-refractivity contribution in [3.05, 3.63) is 69.7 Å². The van der Waals surface area contributed by atoms with Crippen LogP contribution in [0.3, 0.4) is 0 Å². The topological polar surface area (TPSA) is 59.4 Å². The number of carbonyl (C=O) groups excluding carboxylic acids is 1. The van der Waals surface area contributed by atoms with Crippen LogP contribution >= 0.6 is 11.3 Å². The Hall–Kier alpha value is -2.71. The summed E-state index contributed by atoms with van der Waals surface area (Å²) < 4.78 is 44.9. The maximum Gasteiger partial charge on any atom is 0.416 e. The van der Waals surface area contributed by atoms with E-state index in [1.807, 2.05) is 13.0 Å². The number of carbonyl (C=O) groups is 1. The molecule has 0 saturated heterocycles. The van der Waals surface area contributed by atoms with E-state index in [1.54, 1.807) is 26.0 Å². The molecule has 0 aliphatic rings. The van der Waals surface area contributed by atoms with Gasteiger partial charge in [-0.15, -0.1) is 11.3 Å². The Bertz CT molecular complexity index is 1220. The summed E-state index contributed by atoms with van der Waals surface area (Å²) >= 11 is 1.45. The summed E-state index contributed by atoms with van der Waals surface area (Å²) in [5.74, 6) is 0.534. The van der Waals surface area contributed by atoms with Crippen LogP contribution in [0.4, 0.5) is 13.2 Å². The lowest BCUT2D eigenvalue weighted by atomic mass is 10.0. The number of thiazole rings is 1. The van der Waals surface area contributed by atoms with Gasteiger partial charge >= 0.3 is 6.18 Å². The number of aliphatic hydroxyl groups excluding tert-OH is 1. The van der Waals surface area contributed by atoms with Gasteiger partial charge in [-0.2, -0.15) is 13.2 Å². The van der Waals surface area contributed by atoms with Gasteiger partial charge in [0.05, 0.1) is 17.9 Å². The van der Waals surface area contributed by atoms with Crippen LogP contribution in [0.5, 0.6) is 5.75 Å². The van der Waals surface area contributed by atoms with Gasteiger partial charge in [-0.1, -0.05) is 50.5 Å². The van der Waals surface area contributed by atoms with E-state index >= 15 is 0 Å². The number of aromatic nitrogens is 1. The quantitative estimate of drug-likeness (QED) is 0.173. The SMILES string of the molecule is CCCCCCc1nc(-c2ccc(C(F)(F)F)cc2)sc1CCC(=O)c1ccc(C)c(OC(C)(C)CO)c1. The fourth-order valence-corrected chi connectivity index (χ4v) is 5.12. The molecule has 38 heavy (non-hydrogen) atoms. The highest BCUT2D eigenvalue weighted by molar-refractivity contribution is 7.15. The third-order valence-corrected chi connectivity index (χ3v) is 7.57. The molecule has 3 aromatic rings. The van der Waals surface area contributed by atoms with Gasteiger partial charge < -0.3 is 9.84 Å². The first kappa shape index (κ1) is 29.8. The molecule has 0 aliphatic heterocycles. The van der Waals surface area contributed by atoms with Crippen molar-refractivity contribution in [3.8, 4) is 16.3 Å². The first-order chi connectivity index (χ1) is 17.9. The van der Waals surface area contributed by atoms with Crippen molar-refractivity contribution in [2.24, 2.45) is 0 Å². The molecule has 2 aromatic carbocycles. The Kier molecular flexibility index (Phi) is 10.1. The zero-order valence-electron chi connectivity index (χ0n) is 22.5. The largest absolute Gasteiger partial charge is 0.485 e. The summed E-state index contributed by atoms with van der Waals surface area (Å²) in [7, 11) is 0. The molecular formula is C30H36F3NO3S. The molecule has 0 fully saturated rings. The third-order valence-electron chi connectivity index (χ3n) is 6.36. The molecule has 3 rings (SSSR count). The van der Waals surface area contributed by atoms with Crippen LogP contribution in [0, 0.1) is 6.92 Å². The van der Waals surface area contributed by atoms with E-state index in [0.717, 1.165) is 60.4 Å². The van der Waals surface area contributed by atoms with Gasteiger partial charge in [-0.05, 0) is 63.8 Å². The Balaban J connectivity index is 1.79. The van der Waals surface area contributed by atoms with E-state index < -0.39 is 17.3 Å². The number of hydrogen-bond donors (Lipinski definition) is 1. The van der Waals surface area contributed by atoms with E-state index in [-0.39, 0.29) is 18.8 Å². The summed E-state index contributed by atoms with van der Waals surface area (Å²) in [4.78, 5) is 18.9. The minimum atomic E-state index is -4.38. The lowest BCUT2D eigenvalue weighted by Crippen LogP contribution is -2.32. The lowest BCUT2D eigenvalue weighted by molar-refractivity contribution is -0.137. The van der Waals surface area contributed by atoms with Crippen LogP contribution in [0.1, 0.15) is 84.9 Å². The second-order valence-corrected chi connectivity index (χ2v) is 11.3. The van der Waals surface area contributed by atoms with Crippen LogP contribution in [0.2, 0.25) is 0 Å². The highest BCUT2D eigenvalue weighted by Crippen LogP contribution is 2.34. The summed E-state index contributed by atoms with van der Waals surface area (Å²) in [6, 6.07) is 10.4. The molecule has 4 nitrogen and oxygen atoms in total. The molecule has 0 aliphatic carbocycles. The average molecular weight is 548 g/mol. The fraction of sp³-hybridized carbons (Fsp3) is 0.467. The van der Waals surface area contributed by atoms with E-state index in [1.165, 1.54) is 23.5 Å². The number of rotatable bonds is 13. The Morgan fingerprint density at radius 1 is 1.03 bits per heavy atom. The van der Waals surface area contributed by atoms with E-state index in [0.29, 0.717) is 28.3 Å². The minimum absolute atomic E-state index is 0.0296. The van der Waals surface area contributed by atoms with Crippen LogP contribution < -0.4 is 4.74 Å². The van der Waals surface area contributed by atoms with Gasteiger partial charge in [0.1, 0.15) is 16.4 Å². The van der Waals surface area contributed by atoms with Crippen molar-refractivity contribution in [2.75, 3.05) is 6.61 Å². The number of benzene rings is 2. The summed E-state index contributed by atoms with van der Waals surface area (Å²) in [5, 5.41) is 10.2. The summed E-state index contributed by atoms with van der Waals surface area (Å²) in [6.45, 7) is 7.44. The van der Waals surface area contributed by atoms with Gasteiger partial charge in [0.25, 0.3) is 0 Å². The van der Waals surface area contributed by atoms with E-state index in [2.05, 4.69) is 6.92 Å². The Morgan fingerprint density at radius 2 is 1.74 bits per heavy atom. The monoisotopic (exact) mass is 547 g/mol. The molecule has 0 unspecified atom stereocenters. The second-order valence-electron chi connectivity index (χ2n) is 10.2. The second kappa shape index (κ2) is 12.9. The number of aryl methyl sites for hydroxylation is 3. The zero-order valence-corrected chi connectivity index (χ0v) is 23.3. The molecule has 0 amide bonds. The van der Waals surface area contributed by atoms with Crippen LogP contribution in [0.15, 0.2) is 42.5 Å². The molecule has 1 N–H and O–H groups in total. The smallest absolute Gasteiger partial charge is 0.416 e. The van der Waals surface area contributed by atoms with Gasteiger partial charge in [0.15, 0.2) is 5.78 Å². The normalized spacial score (nSPS) is 12.1. The van der Waals surface area contributed by atoms with Crippen molar-refractivity contribution in [1.29, 1.82) is 0 Å². The summed E-state index contributed by atoms with van der Waals surface area (Å²) in [6.07, 6.45) is 1.49. The molecule has 0 radical (unpaired) electrons. The number of Topliss-reactive ketones (excluding diaryl/α,β-unsaturated/α-hetero) is 1. The third kappa shape index (κ3) is 8.14. The maximum absolute atomic E-state index is 13.1. The van der Waals surface area contributed by atoms with E-state index in [4.69, 9.17) is 9.72 Å². The number of ketones is 1. The number of alkyl halides is 3. The fourth-order valence-electron chi connectivity index (χ4n) is 4.00. The van der Waals surface area contributed by atoms with Crippen molar-refractivity contribution < 1.29 is 27.8 Å². The zero-order chi connectivity index (χ0) is 27.9. The van der Waals surface area contributed by atoms with Gasteiger partial charge in [-0.25, -0.2) is 4.98 Å². The number of halogens is 3. The molecule has 8 heteroatoms. The van der Waals surface area contributed by atoms with Gasteiger partial charge in [0, 0.05) is 22.4 Å². The number of ether oxygens (including phenoxy) is 1. The van der Waals surface area contributed by atoms with Gasteiger partial charge in [0.2, 0.25) is 0 Å². The highest BCUT2D eigenvalue weighted by Gasteiger charge is 2.30. The standard InChI is InChI=1S/C30H36F3NO3S/c1-5-6-7-8-9-24-27(38-28(34-24)21-12-14-23(15-13-21)30(31,32)33)17-16-25(36)22-11-10-20(2)26(18-22)37-29(3,4)19-35/h10-15,18,35H,5-9,16-17,19H2,1-4H3. The van der Waals surface area contributed by atoms with Crippen LogP contribution in [-0.2, 0) is 19.0 Å². The Morgan fingerprint density at radius 3 is 2.37 bits per heavy atom. The molecular weight excluding hydrogens is 511 g/mol. The molecule has 0 spiro atoms. The maximum atomic E-state index is 13.1. The Labute approximate surface area is 226 Å². The first-order valence-electron chi connectivity index (χ1n) is 13.0. The molecule has 1 aromatic heterocycles. The predicted octanol–water partition coefficient (Wildman–Crippen LogP) is 8.23. The number of hydrogen-bond acceptors (Lipinski definition) is 5. The number of unbranched alkanes of at least 4 members (excludes halogenated alkanes) is 3. The summed E-state index contributed by atoms with van der Waals surface area (Å²) in [5.41, 5.74) is 1.52. The molecule has 0 atom stereocenters. The van der Waals surface area contributed by atoms with Crippen molar-refractivity contribution in [3.63, 3.8) is 0 Å². The molecule has 0 saturated carbocycles. The van der Waals surface area contributed by atoms with Crippen molar-refractivity contribution in [1.82, 2.24) is 4.98 Å². The molecule has 1 heterocycles. The van der Waals surface area contributed by atoms with Crippen molar-refractivity contribution in [2.45, 2.75) is 84.4 Å². The van der Waals surface area contributed by atoms with E-state index in [9.17, 15) is 23.1 Å². The average Bonchev–Trinajstić information content (AvgIpc) is 3.29. The van der Waals surface area contributed by atoms with Crippen molar-refractivity contribution >= 4 is 17.1 Å². The first-order valence-corrected chi connectivity index (χ1v) is 13.8. The highest BCUT2D eigenvalue weighted by atomic mass is 32.1.